The summed E-state index contributed by atoms with van der Waals surface area (Å²) in [7, 11) is -4.23. The van der Waals surface area contributed by atoms with Crippen molar-refractivity contribution >= 4 is 61.1 Å². The van der Waals surface area contributed by atoms with Gasteiger partial charge in [-0.15, -0.1) is 13.2 Å². The minimum absolute atomic E-state index is 0.0681. The van der Waals surface area contributed by atoms with Crippen molar-refractivity contribution in [2.75, 3.05) is 30.3 Å². The zero-order chi connectivity index (χ0) is 37.9. The number of likely N-dealkylation sites (tertiary alicyclic amines) is 1. The molecule has 2 aliphatic heterocycles. The second-order valence-electron chi connectivity index (χ2n) is 13.0. The van der Waals surface area contributed by atoms with E-state index < -0.39 is 65.0 Å². The SMILES string of the molecule is CC(OC(=O)OC1CCCCC1)OC(=O)C(Cc1cc2ccnc(N)c2cc1OC(F)(F)F)N1CCC(NS(=O)(=O)c2cnc(N3CCCC3)s2)C1=O. The number of nitrogens with one attached hydrogen (secondary N) is 1. The van der Waals surface area contributed by atoms with Gasteiger partial charge in [-0.05, 0) is 74.1 Å². The van der Waals surface area contributed by atoms with Crippen LogP contribution in [0.1, 0.15) is 63.9 Å². The Balaban J connectivity index is 1.24. The number of hydrogen-bond acceptors (Lipinski definition) is 14. The number of nitrogen functional groups attached to an aromatic ring is 1. The number of alkyl halides is 3. The number of carbonyl (C=O) groups is 3. The van der Waals surface area contributed by atoms with Crippen molar-refractivity contribution in [1.82, 2.24) is 19.6 Å². The van der Waals surface area contributed by atoms with Crippen LogP contribution >= 0.6 is 11.3 Å². The summed E-state index contributed by atoms with van der Waals surface area (Å²) < 4.78 is 90.1. The van der Waals surface area contributed by atoms with E-state index in [0.717, 1.165) is 67.5 Å². The molecule has 4 heterocycles. The molecule has 53 heavy (non-hydrogen) atoms. The summed E-state index contributed by atoms with van der Waals surface area (Å²) >= 11 is 0.960. The van der Waals surface area contributed by atoms with E-state index in [1.54, 1.807) is 0 Å². The molecule has 2 aromatic heterocycles. The highest BCUT2D eigenvalue weighted by Gasteiger charge is 2.43. The predicted octanol–water partition coefficient (Wildman–Crippen LogP) is 4.64. The second kappa shape index (κ2) is 15.9. The number of carbonyl (C=O) groups excluding carboxylic acids is 3. The van der Waals surface area contributed by atoms with Gasteiger partial charge in [0.05, 0.1) is 6.20 Å². The van der Waals surface area contributed by atoms with Gasteiger partial charge in [-0.3, -0.25) is 4.79 Å². The van der Waals surface area contributed by atoms with E-state index in [4.69, 9.17) is 19.9 Å². The van der Waals surface area contributed by atoms with Crippen molar-refractivity contribution in [1.29, 1.82) is 0 Å². The van der Waals surface area contributed by atoms with Crippen LogP contribution in [0.15, 0.2) is 34.8 Å². The van der Waals surface area contributed by atoms with Crippen molar-refractivity contribution in [3.63, 3.8) is 0 Å². The molecule has 0 radical (unpaired) electrons. The number of sulfonamides is 1. The molecule has 2 saturated heterocycles. The number of thiazole rings is 1. The van der Waals surface area contributed by atoms with E-state index in [-0.39, 0.29) is 40.0 Å². The lowest BCUT2D eigenvalue weighted by Crippen LogP contribution is -2.49. The Labute approximate surface area is 307 Å². The monoisotopic (exact) mass is 784 g/mol. The average Bonchev–Trinajstić information content (AvgIpc) is 3.87. The Kier molecular flexibility index (Phi) is 11.5. The number of amides is 1. The molecule has 3 fully saturated rings. The highest BCUT2D eigenvalue weighted by Crippen LogP contribution is 2.35. The molecule has 3 atom stereocenters. The fraction of sp³-hybridized carbons (Fsp3) is 0.545. The van der Waals surface area contributed by atoms with Crippen LogP contribution in [0.2, 0.25) is 0 Å². The maximum absolute atomic E-state index is 13.9. The van der Waals surface area contributed by atoms with Gasteiger partial charge in [-0.25, -0.2) is 28.0 Å². The number of pyridine rings is 1. The quantitative estimate of drug-likeness (QED) is 0.191. The molecule has 1 aromatic carbocycles. The second-order valence-corrected chi connectivity index (χ2v) is 16.0. The lowest BCUT2D eigenvalue weighted by atomic mass is 9.98. The number of anilines is 2. The Morgan fingerprint density at radius 3 is 2.51 bits per heavy atom. The van der Waals surface area contributed by atoms with Crippen LogP contribution in [0.3, 0.4) is 0 Å². The number of halogens is 3. The number of benzene rings is 1. The lowest BCUT2D eigenvalue weighted by Gasteiger charge is -2.29. The van der Waals surface area contributed by atoms with Crippen molar-refractivity contribution < 1.29 is 54.9 Å². The molecule has 1 saturated carbocycles. The summed E-state index contributed by atoms with van der Waals surface area (Å²) in [5, 5.41) is 1.05. The van der Waals surface area contributed by atoms with Crippen molar-refractivity contribution in [3.8, 4) is 5.75 Å². The summed E-state index contributed by atoms with van der Waals surface area (Å²) in [4.78, 5) is 51.3. The molecule has 6 rings (SSSR count). The third-order valence-corrected chi connectivity index (χ3v) is 12.3. The number of fused-ring (bicyclic) bond motifs is 1. The first kappa shape index (κ1) is 38.3. The van der Waals surface area contributed by atoms with Gasteiger partial charge in [-0.1, -0.05) is 17.8 Å². The Bertz CT molecular complexity index is 1930. The molecule has 3 aliphatic rings. The summed E-state index contributed by atoms with van der Waals surface area (Å²) in [6, 6.07) is 0.909. The van der Waals surface area contributed by atoms with Gasteiger partial charge in [0.2, 0.25) is 12.2 Å². The molecule has 0 spiro atoms. The standard InChI is InChI=1S/C33H39F3N6O9S2/c1-19(49-32(45)50-22-7-3-2-4-8-22)48-30(44)25(16-21-15-20-9-11-38-28(37)23(20)17-26(21)51-33(34,35)36)42-14-10-24(29(42)43)40-53(46,47)27-18-39-31(52-27)41-12-5-6-13-41/h9,11,15,17-19,22,24-25,40H,2-8,10,12-14,16H2,1H3,(H2,37,38). The van der Waals surface area contributed by atoms with E-state index in [0.29, 0.717) is 23.4 Å². The number of aromatic nitrogens is 2. The molecular weight excluding hydrogens is 746 g/mol. The van der Waals surface area contributed by atoms with Crippen LogP contribution in [0.25, 0.3) is 10.8 Å². The highest BCUT2D eigenvalue weighted by atomic mass is 32.2. The number of ether oxygens (including phenoxy) is 4. The van der Waals surface area contributed by atoms with Crippen molar-refractivity contribution in [2.45, 2.75) is 99.8 Å². The van der Waals surface area contributed by atoms with E-state index in [1.165, 1.54) is 31.5 Å². The molecule has 0 bridgehead atoms. The molecule has 1 aliphatic carbocycles. The van der Waals surface area contributed by atoms with Gasteiger partial charge < -0.3 is 34.5 Å². The van der Waals surface area contributed by atoms with Gasteiger partial charge in [0, 0.05) is 44.6 Å². The minimum Gasteiger partial charge on any atom is -0.431 e. The number of esters is 1. The Morgan fingerprint density at radius 2 is 1.79 bits per heavy atom. The van der Waals surface area contributed by atoms with Gasteiger partial charge in [0.1, 0.15) is 29.8 Å². The third kappa shape index (κ3) is 9.39. The maximum atomic E-state index is 13.9. The predicted molar refractivity (Wildman–Crippen MR) is 184 cm³/mol. The van der Waals surface area contributed by atoms with Crippen LogP contribution < -0.4 is 20.1 Å². The Morgan fingerprint density at radius 1 is 1.06 bits per heavy atom. The summed E-state index contributed by atoms with van der Waals surface area (Å²) in [5.41, 5.74) is 5.76. The van der Waals surface area contributed by atoms with Crippen molar-refractivity contribution in [2.24, 2.45) is 0 Å². The molecule has 3 unspecified atom stereocenters. The molecule has 3 N–H and O–H groups in total. The molecular formula is C33H39F3N6O9S2. The first-order valence-electron chi connectivity index (χ1n) is 17.2. The van der Waals surface area contributed by atoms with Crippen LogP contribution in [0.5, 0.6) is 5.75 Å². The molecule has 3 aromatic rings. The van der Waals surface area contributed by atoms with E-state index >= 15 is 0 Å². The molecule has 15 nitrogen and oxygen atoms in total. The van der Waals surface area contributed by atoms with E-state index in [1.807, 2.05) is 4.90 Å². The van der Waals surface area contributed by atoms with Gasteiger partial charge in [-0.2, -0.15) is 4.72 Å². The zero-order valence-electron chi connectivity index (χ0n) is 28.7. The normalized spacial score (nSPS) is 19.7. The topological polar surface area (TPSA) is 193 Å². The number of nitrogens with zero attached hydrogens (tertiary/aromatic N) is 4. The summed E-state index contributed by atoms with van der Waals surface area (Å²) in [5.74, 6) is -2.73. The summed E-state index contributed by atoms with van der Waals surface area (Å²) in [6.07, 6.45) is -0.156. The van der Waals surface area contributed by atoms with Crippen LogP contribution in [-0.4, -0.2) is 91.8 Å². The lowest BCUT2D eigenvalue weighted by molar-refractivity contribution is -0.274. The highest BCUT2D eigenvalue weighted by molar-refractivity contribution is 7.91. The van der Waals surface area contributed by atoms with Crippen LogP contribution in [0.4, 0.5) is 28.9 Å². The zero-order valence-corrected chi connectivity index (χ0v) is 30.3. The molecule has 20 heteroatoms. The van der Waals surface area contributed by atoms with Crippen LogP contribution in [-0.2, 0) is 40.2 Å². The molecule has 1 amide bonds. The van der Waals surface area contributed by atoms with Gasteiger partial charge >= 0.3 is 18.5 Å². The van der Waals surface area contributed by atoms with E-state index in [9.17, 15) is 36.0 Å². The average molecular weight is 785 g/mol. The van der Waals surface area contributed by atoms with Gasteiger partial charge in [0.15, 0.2) is 9.34 Å². The fourth-order valence-electron chi connectivity index (χ4n) is 6.72. The largest absolute Gasteiger partial charge is 0.573 e. The first-order chi connectivity index (χ1) is 25.2. The third-order valence-electron chi connectivity index (χ3n) is 9.27. The number of nitrogens with two attached hydrogens (primary N) is 1. The molecule has 288 valence electrons. The maximum Gasteiger partial charge on any atom is 0.573 e. The smallest absolute Gasteiger partial charge is 0.431 e. The van der Waals surface area contributed by atoms with Gasteiger partial charge in [0.25, 0.3) is 10.0 Å². The number of hydrogen-bond donors (Lipinski definition) is 2. The van der Waals surface area contributed by atoms with E-state index in [2.05, 4.69) is 19.4 Å². The van der Waals surface area contributed by atoms with Crippen LogP contribution in [0, 0.1) is 0 Å². The van der Waals surface area contributed by atoms with Crippen molar-refractivity contribution in [3.05, 3.63) is 36.2 Å². The minimum atomic E-state index is -5.14. The summed E-state index contributed by atoms with van der Waals surface area (Å²) in [6.45, 7) is 2.56. The fourth-order valence-corrected chi connectivity index (χ4v) is 9.13. The number of rotatable bonds is 12. The first-order valence-corrected chi connectivity index (χ1v) is 19.5. The Hall–Kier alpha value is -4.43.